The molecule has 13 nitrogen and oxygen atoms in total. The van der Waals surface area contributed by atoms with Gasteiger partial charge in [-0.05, 0) is 87.9 Å². The normalized spacial score (nSPS) is 18.4. The number of carbonyl (C=O) groups is 4. The van der Waals surface area contributed by atoms with Crippen molar-refractivity contribution in [3.05, 3.63) is 120 Å². The number of carbonyl (C=O) groups excluding carboxylic acids is 4. The van der Waals surface area contributed by atoms with E-state index in [0.717, 1.165) is 75.7 Å². The second-order valence-corrected chi connectivity index (χ2v) is 16.2. The molecular weight excluding hydrogens is 771 g/mol. The topological polar surface area (TPSA) is 158 Å². The molecule has 1 aromatic heterocycles. The summed E-state index contributed by atoms with van der Waals surface area (Å²) in [6.45, 7) is 5.03. The summed E-state index contributed by atoms with van der Waals surface area (Å²) in [4.78, 5) is 68.5. The summed E-state index contributed by atoms with van der Waals surface area (Å²) in [5, 5.41) is 7.69. The molecule has 4 heterocycles. The predicted octanol–water partition coefficient (Wildman–Crippen LogP) is 8.21. The molecule has 4 amide bonds. The first-order valence-electron chi connectivity index (χ1n) is 20.9. The van der Waals surface area contributed by atoms with Crippen LogP contribution in [0.15, 0.2) is 108 Å². The van der Waals surface area contributed by atoms with Crippen LogP contribution in [0.3, 0.4) is 0 Å². The zero-order valence-electron chi connectivity index (χ0n) is 34.9. The zero-order valence-corrected chi connectivity index (χ0v) is 34.9. The fourth-order valence-corrected chi connectivity index (χ4v) is 8.79. The van der Waals surface area contributed by atoms with Crippen LogP contribution in [-0.2, 0) is 19.1 Å². The highest BCUT2D eigenvalue weighted by atomic mass is 16.5. The molecule has 0 unspecified atom stereocenters. The number of nitrogens with zero attached hydrogens (tertiary/aromatic N) is 4. The third-order valence-corrected chi connectivity index (χ3v) is 12.1. The number of alkyl carbamates (subject to hydrolysis) is 2. The van der Waals surface area contributed by atoms with Crippen molar-refractivity contribution in [1.82, 2.24) is 30.4 Å². The van der Waals surface area contributed by atoms with Gasteiger partial charge in [-0.2, -0.15) is 0 Å². The number of ether oxygens (including phenoxy) is 2. The van der Waals surface area contributed by atoms with Crippen molar-refractivity contribution in [2.24, 2.45) is 10.9 Å². The van der Waals surface area contributed by atoms with Crippen molar-refractivity contribution in [3.8, 4) is 22.4 Å². The number of aromatic nitrogens is 2. The Bertz CT molecular complexity index is 2490. The lowest BCUT2D eigenvalue weighted by molar-refractivity contribution is -0.135. The summed E-state index contributed by atoms with van der Waals surface area (Å²) in [6.07, 6.45) is 6.44. The summed E-state index contributed by atoms with van der Waals surface area (Å²) in [5.41, 5.74) is 7.90. The van der Waals surface area contributed by atoms with Crippen molar-refractivity contribution < 1.29 is 28.7 Å². The number of imidazole rings is 1. The Morgan fingerprint density at radius 2 is 1.33 bits per heavy atom. The first kappa shape index (κ1) is 41.0. The molecule has 0 bridgehead atoms. The van der Waals surface area contributed by atoms with E-state index in [4.69, 9.17) is 19.5 Å². The van der Waals surface area contributed by atoms with E-state index in [1.165, 1.54) is 14.2 Å². The van der Waals surface area contributed by atoms with Gasteiger partial charge in [0.1, 0.15) is 17.9 Å². The van der Waals surface area contributed by atoms with Gasteiger partial charge in [0, 0.05) is 31.4 Å². The minimum Gasteiger partial charge on any atom is -0.453 e. The summed E-state index contributed by atoms with van der Waals surface area (Å²) in [7, 11) is 2.59. The number of aromatic amines is 1. The van der Waals surface area contributed by atoms with E-state index in [0.29, 0.717) is 30.9 Å². The van der Waals surface area contributed by atoms with Gasteiger partial charge in [-0.15, -0.1) is 0 Å². The molecule has 4 aromatic carbocycles. The van der Waals surface area contributed by atoms with Gasteiger partial charge in [0.2, 0.25) is 5.91 Å². The maximum Gasteiger partial charge on any atom is 0.407 e. The zero-order chi connectivity index (χ0) is 42.6. The number of likely N-dealkylation sites (tertiary alicyclic amines) is 2. The maximum atomic E-state index is 13.9. The number of methoxy groups -OCH3 is 2. The van der Waals surface area contributed by atoms with Crippen molar-refractivity contribution >= 4 is 46.1 Å². The van der Waals surface area contributed by atoms with Crippen LogP contribution in [-0.4, -0.2) is 88.9 Å². The van der Waals surface area contributed by atoms with E-state index in [-0.39, 0.29) is 29.8 Å². The first-order chi connectivity index (χ1) is 29.6. The van der Waals surface area contributed by atoms with Crippen LogP contribution in [0, 0.1) is 5.92 Å². The lowest BCUT2D eigenvalue weighted by Crippen LogP contribution is -2.53. The minimum absolute atomic E-state index is 0.0876. The van der Waals surface area contributed by atoms with E-state index >= 15 is 0 Å². The van der Waals surface area contributed by atoms with Crippen LogP contribution in [0.1, 0.15) is 75.0 Å². The maximum absolute atomic E-state index is 13.9. The van der Waals surface area contributed by atoms with Gasteiger partial charge in [-0.1, -0.05) is 92.7 Å². The number of nitrogens with one attached hydrogen (secondary N) is 3. The highest BCUT2D eigenvalue weighted by Gasteiger charge is 2.39. The molecule has 61 heavy (non-hydrogen) atoms. The van der Waals surface area contributed by atoms with Gasteiger partial charge in [-0.25, -0.2) is 14.6 Å². The van der Waals surface area contributed by atoms with E-state index in [2.05, 4.69) is 76.3 Å². The molecule has 2 fully saturated rings. The highest BCUT2D eigenvalue weighted by Crippen LogP contribution is 2.36. The standard InChI is InChI=1S/C48H51N7O6/c1-29(2)42(52-47(58)60-3)45(56)54-22-8-12-40(54)38-26-37(27-49-38)36-21-20-34-24-33(18-19-35(34)25-36)30-14-16-31(17-15-30)39-28-50-44(51-39)41-13-9-23-55(41)46(57)43(53-48(59)61-4)32-10-6-5-7-11-32/h5-7,10-11,14-21,24-25,27-29,40-43H,8-9,12-13,22-23,26H2,1-4H3,(H,50,51)(H,52,58)(H,53,59)/t40-,41-,42-,43-/m0/s1. The Hall–Kier alpha value is -6.76. The van der Waals surface area contributed by atoms with Crippen molar-refractivity contribution in [2.45, 2.75) is 70.1 Å². The number of benzene rings is 4. The van der Waals surface area contributed by atoms with Crippen molar-refractivity contribution in [2.75, 3.05) is 27.3 Å². The molecule has 13 heteroatoms. The summed E-state index contributed by atoms with van der Waals surface area (Å²) >= 11 is 0. The van der Waals surface area contributed by atoms with E-state index in [1.807, 2.05) is 61.5 Å². The quantitative estimate of drug-likeness (QED) is 0.121. The Morgan fingerprint density at radius 3 is 2.02 bits per heavy atom. The number of amides is 4. The highest BCUT2D eigenvalue weighted by molar-refractivity contribution is 6.04. The molecule has 314 valence electrons. The smallest absolute Gasteiger partial charge is 0.407 e. The number of rotatable bonds is 11. The van der Waals surface area contributed by atoms with Gasteiger partial charge in [0.05, 0.1) is 38.2 Å². The molecule has 0 saturated carbocycles. The van der Waals surface area contributed by atoms with Crippen LogP contribution in [0.4, 0.5) is 9.59 Å². The van der Waals surface area contributed by atoms with E-state index in [9.17, 15) is 19.2 Å². The van der Waals surface area contributed by atoms with Gasteiger partial charge in [0.15, 0.2) is 0 Å². The van der Waals surface area contributed by atoms with Crippen LogP contribution < -0.4 is 10.6 Å². The molecule has 3 aliphatic heterocycles. The van der Waals surface area contributed by atoms with Crippen molar-refractivity contribution in [3.63, 3.8) is 0 Å². The van der Waals surface area contributed by atoms with Gasteiger partial charge in [-0.3, -0.25) is 14.6 Å². The van der Waals surface area contributed by atoms with Gasteiger partial charge >= 0.3 is 12.2 Å². The third-order valence-electron chi connectivity index (χ3n) is 12.1. The van der Waals surface area contributed by atoms with Crippen LogP contribution in [0.25, 0.3) is 38.7 Å². The lowest BCUT2D eigenvalue weighted by atomic mass is 9.94. The Morgan fingerprint density at radius 1 is 0.721 bits per heavy atom. The second kappa shape index (κ2) is 17.8. The number of hydrogen-bond donors (Lipinski definition) is 3. The number of allylic oxidation sites excluding steroid dienone is 1. The SMILES string of the molecule is COC(=O)N[C@H](C(=O)N1CCC[C@H]1c1ncc(-c2ccc(-c3ccc4cc(C5=CN=C([C@@H]6CCCN6C(=O)[C@@H](NC(=O)OC)C(C)C)C5)ccc4c3)cc2)[nH]1)c1ccccc1. The van der Waals surface area contributed by atoms with E-state index < -0.39 is 24.3 Å². The van der Waals surface area contributed by atoms with Crippen LogP contribution >= 0.6 is 0 Å². The van der Waals surface area contributed by atoms with E-state index in [1.54, 1.807) is 4.90 Å². The molecule has 4 atom stereocenters. The molecule has 2 saturated heterocycles. The molecular formula is C48H51N7O6. The van der Waals surface area contributed by atoms with Crippen LogP contribution in [0.2, 0.25) is 0 Å². The molecule has 8 rings (SSSR count). The average Bonchev–Trinajstić information content (AvgIpc) is 4.14. The predicted molar refractivity (Wildman–Crippen MR) is 234 cm³/mol. The fourth-order valence-electron chi connectivity index (χ4n) is 8.79. The molecule has 0 aliphatic carbocycles. The van der Waals surface area contributed by atoms with Gasteiger partial charge < -0.3 is 34.9 Å². The lowest BCUT2D eigenvalue weighted by Gasteiger charge is -2.31. The minimum atomic E-state index is -0.877. The monoisotopic (exact) mass is 821 g/mol. The fraction of sp³-hybridized carbons (Fsp3) is 0.333. The Labute approximate surface area is 355 Å². The molecule has 5 aromatic rings. The number of hydrogen-bond acceptors (Lipinski definition) is 8. The van der Waals surface area contributed by atoms with Crippen molar-refractivity contribution in [1.29, 1.82) is 0 Å². The number of aliphatic imine (C=N–C) groups is 1. The number of fused-ring (bicyclic) bond motifs is 1. The largest absolute Gasteiger partial charge is 0.453 e. The summed E-state index contributed by atoms with van der Waals surface area (Å²) in [6, 6.07) is 28.6. The molecule has 0 radical (unpaired) electrons. The van der Waals surface area contributed by atoms with Gasteiger partial charge in [0.25, 0.3) is 5.91 Å². The summed E-state index contributed by atoms with van der Waals surface area (Å²) in [5.74, 6) is 0.314. The second-order valence-electron chi connectivity index (χ2n) is 16.2. The van der Waals surface area contributed by atoms with Crippen LogP contribution in [0.5, 0.6) is 0 Å². The third kappa shape index (κ3) is 8.63. The molecule has 3 aliphatic rings. The molecule has 3 N–H and O–H groups in total. The average molecular weight is 822 g/mol. The molecule has 0 spiro atoms. The summed E-state index contributed by atoms with van der Waals surface area (Å²) < 4.78 is 9.62. The Kier molecular flexibility index (Phi) is 12.0. The first-order valence-corrected chi connectivity index (χ1v) is 20.9. The Balaban J connectivity index is 0.917. The number of H-pyrrole nitrogens is 1.